The van der Waals surface area contributed by atoms with Gasteiger partial charge in [-0.15, -0.1) is 0 Å². The zero-order valence-corrected chi connectivity index (χ0v) is 13.2. The summed E-state index contributed by atoms with van der Waals surface area (Å²) in [6.45, 7) is 1.88. The second-order valence-electron chi connectivity index (χ2n) is 4.81. The maximum atomic E-state index is 12.4. The third-order valence-corrected chi connectivity index (χ3v) is 4.62. The Morgan fingerprint density at radius 1 is 1.00 bits per heavy atom. The molecule has 0 aliphatic rings. The van der Waals surface area contributed by atoms with Gasteiger partial charge in [0, 0.05) is 5.39 Å². The fraction of sp³-hybridized carbons (Fsp3) is 0.0625. The number of benzene rings is 2. The Kier molecular flexibility index (Phi) is 3.76. The zero-order chi connectivity index (χ0) is 15.7. The summed E-state index contributed by atoms with van der Waals surface area (Å²) in [5, 5.41) is 1.03. The first-order chi connectivity index (χ1) is 10.5. The predicted molar refractivity (Wildman–Crippen MR) is 85.7 cm³/mol. The standard InChI is InChI=1S/C16H12ClNO3S/c1-11-5-8-13(9-6-11)22(19,20)21-14-4-2-3-12-7-10-15(17)18-16(12)14/h2-10H,1H3. The summed E-state index contributed by atoms with van der Waals surface area (Å²) in [5.74, 6) is 0.153. The quantitative estimate of drug-likeness (QED) is 0.537. The van der Waals surface area contributed by atoms with Gasteiger partial charge in [0.1, 0.15) is 15.6 Å². The Morgan fingerprint density at radius 3 is 2.45 bits per heavy atom. The topological polar surface area (TPSA) is 56.3 Å². The summed E-state index contributed by atoms with van der Waals surface area (Å²) in [7, 11) is -3.92. The smallest absolute Gasteiger partial charge is 0.339 e. The molecule has 0 radical (unpaired) electrons. The average Bonchev–Trinajstić information content (AvgIpc) is 2.48. The number of pyridine rings is 1. The molecule has 0 fully saturated rings. The molecule has 4 nitrogen and oxygen atoms in total. The molecule has 1 aromatic heterocycles. The lowest BCUT2D eigenvalue weighted by Gasteiger charge is -2.09. The van der Waals surface area contributed by atoms with E-state index in [9.17, 15) is 8.42 Å². The van der Waals surface area contributed by atoms with Crippen molar-refractivity contribution < 1.29 is 12.6 Å². The van der Waals surface area contributed by atoms with Gasteiger partial charge in [-0.25, -0.2) is 4.98 Å². The molecule has 6 heteroatoms. The van der Waals surface area contributed by atoms with Crippen LogP contribution >= 0.6 is 11.6 Å². The molecule has 22 heavy (non-hydrogen) atoms. The maximum Gasteiger partial charge on any atom is 0.339 e. The van der Waals surface area contributed by atoms with Crippen LogP contribution in [0.5, 0.6) is 5.75 Å². The Balaban J connectivity index is 2.06. The van der Waals surface area contributed by atoms with E-state index in [1.54, 1.807) is 36.4 Å². The molecular formula is C16H12ClNO3S. The third kappa shape index (κ3) is 2.91. The first-order valence-corrected chi connectivity index (χ1v) is 8.31. The molecule has 0 aliphatic carbocycles. The van der Waals surface area contributed by atoms with Crippen LogP contribution in [0.15, 0.2) is 59.5 Å². The van der Waals surface area contributed by atoms with Crippen LogP contribution in [0, 0.1) is 6.92 Å². The van der Waals surface area contributed by atoms with E-state index in [2.05, 4.69) is 4.98 Å². The van der Waals surface area contributed by atoms with Crippen molar-refractivity contribution in [2.24, 2.45) is 0 Å². The van der Waals surface area contributed by atoms with E-state index < -0.39 is 10.1 Å². The van der Waals surface area contributed by atoms with Gasteiger partial charge in [-0.2, -0.15) is 8.42 Å². The molecule has 2 aromatic carbocycles. The van der Waals surface area contributed by atoms with E-state index in [4.69, 9.17) is 15.8 Å². The number of nitrogens with zero attached hydrogens (tertiary/aromatic N) is 1. The first-order valence-electron chi connectivity index (χ1n) is 6.52. The molecule has 0 atom stereocenters. The van der Waals surface area contributed by atoms with Crippen LogP contribution in [-0.2, 0) is 10.1 Å². The third-order valence-electron chi connectivity index (χ3n) is 3.16. The number of rotatable bonds is 3. The fourth-order valence-corrected chi connectivity index (χ4v) is 3.12. The minimum Gasteiger partial charge on any atom is -0.377 e. The van der Waals surface area contributed by atoms with Gasteiger partial charge in [-0.3, -0.25) is 0 Å². The average molecular weight is 334 g/mol. The highest BCUT2D eigenvalue weighted by Gasteiger charge is 2.18. The van der Waals surface area contributed by atoms with E-state index in [-0.39, 0.29) is 15.8 Å². The fourth-order valence-electron chi connectivity index (χ4n) is 2.03. The lowest BCUT2D eigenvalue weighted by atomic mass is 10.2. The Labute approximate surface area is 133 Å². The van der Waals surface area contributed by atoms with Crippen LogP contribution in [0.1, 0.15) is 5.56 Å². The lowest BCUT2D eigenvalue weighted by Crippen LogP contribution is -2.10. The summed E-state index contributed by atoms with van der Waals surface area (Å²) in [6.07, 6.45) is 0. The van der Waals surface area contributed by atoms with Gasteiger partial charge in [-0.05, 0) is 37.3 Å². The van der Waals surface area contributed by atoms with E-state index in [1.807, 2.05) is 13.0 Å². The van der Waals surface area contributed by atoms with Gasteiger partial charge in [-0.1, -0.05) is 41.4 Å². The number of hydrogen-bond donors (Lipinski definition) is 0. The van der Waals surface area contributed by atoms with Crippen LogP contribution in [-0.4, -0.2) is 13.4 Å². The van der Waals surface area contributed by atoms with Crippen molar-refractivity contribution in [3.8, 4) is 5.75 Å². The maximum absolute atomic E-state index is 12.4. The zero-order valence-electron chi connectivity index (χ0n) is 11.7. The number of halogens is 1. The van der Waals surface area contributed by atoms with Gasteiger partial charge in [0.2, 0.25) is 0 Å². The normalized spacial score (nSPS) is 11.5. The SMILES string of the molecule is Cc1ccc(S(=O)(=O)Oc2cccc3ccc(Cl)nc23)cc1. The second kappa shape index (κ2) is 5.59. The predicted octanol–water partition coefficient (Wildman–Crippen LogP) is 3.96. The van der Waals surface area contributed by atoms with Crippen LogP contribution < -0.4 is 4.18 Å². The van der Waals surface area contributed by atoms with Crippen molar-refractivity contribution in [2.45, 2.75) is 11.8 Å². The summed E-state index contributed by atoms with van der Waals surface area (Å²) in [6, 6.07) is 14.9. The number of hydrogen-bond acceptors (Lipinski definition) is 4. The number of aryl methyl sites for hydroxylation is 1. The first kappa shape index (κ1) is 14.8. The van der Waals surface area contributed by atoms with Crippen molar-refractivity contribution in [1.29, 1.82) is 0 Å². The number of aromatic nitrogens is 1. The molecule has 0 spiro atoms. The van der Waals surface area contributed by atoms with Crippen molar-refractivity contribution in [1.82, 2.24) is 4.98 Å². The van der Waals surface area contributed by atoms with Gasteiger partial charge in [0.25, 0.3) is 0 Å². The monoisotopic (exact) mass is 333 g/mol. The van der Waals surface area contributed by atoms with Crippen molar-refractivity contribution >= 4 is 32.6 Å². The molecule has 0 N–H and O–H groups in total. The van der Waals surface area contributed by atoms with E-state index in [1.165, 1.54) is 12.1 Å². The summed E-state index contributed by atoms with van der Waals surface area (Å²) >= 11 is 5.88. The van der Waals surface area contributed by atoms with Crippen molar-refractivity contribution in [2.75, 3.05) is 0 Å². The molecule has 3 rings (SSSR count). The molecule has 3 aromatic rings. The number of para-hydroxylation sites is 1. The molecule has 112 valence electrons. The van der Waals surface area contributed by atoms with Gasteiger partial charge in [0.05, 0.1) is 0 Å². The van der Waals surface area contributed by atoms with E-state index in [0.717, 1.165) is 10.9 Å². The van der Waals surface area contributed by atoms with Crippen LogP contribution in [0.4, 0.5) is 0 Å². The van der Waals surface area contributed by atoms with E-state index in [0.29, 0.717) is 5.52 Å². The number of fused-ring (bicyclic) bond motifs is 1. The molecular weight excluding hydrogens is 322 g/mol. The van der Waals surface area contributed by atoms with Gasteiger partial charge in [0.15, 0.2) is 5.75 Å². The molecule has 0 bridgehead atoms. The summed E-state index contributed by atoms with van der Waals surface area (Å²) in [5.41, 5.74) is 1.38. The van der Waals surface area contributed by atoms with E-state index >= 15 is 0 Å². The molecule has 1 heterocycles. The van der Waals surface area contributed by atoms with Gasteiger partial charge >= 0.3 is 10.1 Å². The lowest BCUT2D eigenvalue weighted by molar-refractivity contribution is 0.488. The van der Waals surface area contributed by atoms with Crippen LogP contribution in [0.2, 0.25) is 5.15 Å². The summed E-state index contributed by atoms with van der Waals surface area (Å²) < 4.78 is 30.0. The van der Waals surface area contributed by atoms with Crippen LogP contribution in [0.3, 0.4) is 0 Å². The Morgan fingerprint density at radius 2 is 1.73 bits per heavy atom. The largest absolute Gasteiger partial charge is 0.377 e. The molecule has 0 amide bonds. The highest BCUT2D eigenvalue weighted by atomic mass is 35.5. The molecule has 0 unspecified atom stereocenters. The molecule has 0 saturated carbocycles. The van der Waals surface area contributed by atoms with Crippen molar-refractivity contribution in [3.63, 3.8) is 0 Å². The molecule has 0 saturated heterocycles. The Bertz CT molecular complexity index is 937. The van der Waals surface area contributed by atoms with Crippen molar-refractivity contribution in [3.05, 3.63) is 65.3 Å². The second-order valence-corrected chi connectivity index (χ2v) is 6.75. The highest BCUT2D eigenvalue weighted by molar-refractivity contribution is 7.87. The summed E-state index contributed by atoms with van der Waals surface area (Å²) in [4.78, 5) is 4.24. The highest BCUT2D eigenvalue weighted by Crippen LogP contribution is 2.28. The Hall–Kier alpha value is -2.11. The molecule has 0 aliphatic heterocycles. The minimum absolute atomic E-state index is 0.0946. The van der Waals surface area contributed by atoms with Crippen LogP contribution in [0.25, 0.3) is 10.9 Å². The minimum atomic E-state index is -3.92. The van der Waals surface area contributed by atoms with Gasteiger partial charge < -0.3 is 4.18 Å².